The largest absolute Gasteiger partial charge is 0.496 e. The van der Waals surface area contributed by atoms with E-state index in [2.05, 4.69) is 5.32 Å². The highest BCUT2D eigenvalue weighted by Crippen LogP contribution is 2.32. The molecule has 0 saturated carbocycles. The number of hydrogen-bond donors (Lipinski definition) is 1. The summed E-state index contributed by atoms with van der Waals surface area (Å²) in [5, 5.41) is 3.17. The number of halogens is 2. The van der Waals surface area contributed by atoms with E-state index in [0.29, 0.717) is 23.4 Å². The summed E-state index contributed by atoms with van der Waals surface area (Å²) in [5.41, 5.74) is 1.05. The van der Waals surface area contributed by atoms with E-state index < -0.39 is 6.04 Å². The first-order valence-corrected chi connectivity index (χ1v) is 6.48. The number of ether oxygens (including phenoxy) is 1. The molecule has 1 atom stereocenters. The molecule has 0 aliphatic heterocycles. The van der Waals surface area contributed by atoms with Gasteiger partial charge in [0.1, 0.15) is 17.4 Å². The van der Waals surface area contributed by atoms with Gasteiger partial charge in [-0.1, -0.05) is 25.1 Å². The lowest BCUT2D eigenvalue weighted by Crippen LogP contribution is -2.23. The summed E-state index contributed by atoms with van der Waals surface area (Å²) in [4.78, 5) is 0. The lowest BCUT2D eigenvalue weighted by atomic mass is 9.97. The molecule has 4 heteroatoms. The molecule has 0 amide bonds. The number of rotatable bonds is 5. The zero-order chi connectivity index (χ0) is 14.5. The molecule has 106 valence electrons. The predicted molar refractivity (Wildman–Crippen MR) is 74.9 cm³/mol. The Bertz CT molecular complexity index is 586. The van der Waals surface area contributed by atoms with Crippen molar-refractivity contribution in [1.29, 1.82) is 0 Å². The van der Waals surface area contributed by atoms with Crippen molar-refractivity contribution in [3.05, 3.63) is 65.2 Å². The van der Waals surface area contributed by atoms with Crippen LogP contribution in [0.4, 0.5) is 8.78 Å². The average molecular weight is 277 g/mol. The molecule has 0 aliphatic carbocycles. The van der Waals surface area contributed by atoms with Crippen molar-refractivity contribution >= 4 is 0 Å². The lowest BCUT2D eigenvalue weighted by Gasteiger charge is -2.21. The maximum Gasteiger partial charge on any atom is 0.132 e. The third kappa shape index (κ3) is 2.96. The van der Waals surface area contributed by atoms with Gasteiger partial charge in [0.25, 0.3) is 0 Å². The molecule has 2 nitrogen and oxygen atoms in total. The van der Waals surface area contributed by atoms with E-state index in [9.17, 15) is 8.78 Å². The van der Waals surface area contributed by atoms with Gasteiger partial charge in [-0.25, -0.2) is 8.78 Å². The first-order chi connectivity index (χ1) is 9.67. The molecule has 2 aromatic rings. The molecular weight excluding hydrogens is 260 g/mol. The monoisotopic (exact) mass is 277 g/mol. The first-order valence-electron chi connectivity index (χ1n) is 6.48. The van der Waals surface area contributed by atoms with E-state index in [1.807, 2.05) is 6.92 Å². The van der Waals surface area contributed by atoms with Gasteiger partial charge in [0.2, 0.25) is 0 Å². The van der Waals surface area contributed by atoms with Crippen molar-refractivity contribution < 1.29 is 13.5 Å². The van der Waals surface area contributed by atoms with Crippen LogP contribution in [-0.4, -0.2) is 13.7 Å². The van der Waals surface area contributed by atoms with Crippen molar-refractivity contribution in [2.75, 3.05) is 13.7 Å². The molecule has 0 fully saturated rings. The summed E-state index contributed by atoms with van der Waals surface area (Å²) in [6, 6.07) is 10.4. The highest BCUT2D eigenvalue weighted by molar-refractivity contribution is 5.42. The zero-order valence-corrected chi connectivity index (χ0v) is 11.5. The fraction of sp³-hybridized carbons (Fsp3) is 0.250. The molecule has 2 aromatic carbocycles. The highest BCUT2D eigenvalue weighted by atomic mass is 19.1. The molecule has 0 aliphatic rings. The Morgan fingerprint density at radius 1 is 1.15 bits per heavy atom. The second-order valence-corrected chi connectivity index (χ2v) is 4.40. The van der Waals surface area contributed by atoms with E-state index in [1.165, 1.54) is 25.3 Å². The van der Waals surface area contributed by atoms with E-state index in [0.717, 1.165) is 0 Å². The Balaban J connectivity index is 2.54. The molecule has 0 bridgehead atoms. The van der Waals surface area contributed by atoms with Gasteiger partial charge in [-0.3, -0.25) is 0 Å². The maximum atomic E-state index is 14.2. The minimum atomic E-state index is -0.452. The highest BCUT2D eigenvalue weighted by Gasteiger charge is 2.21. The van der Waals surface area contributed by atoms with E-state index in [-0.39, 0.29) is 11.6 Å². The van der Waals surface area contributed by atoms with Crippen LogP contribution in [0.1, 0.15) is 24.1 Å². The molecule has 20 heavy (non-hydrogen) atoms. The van der Waals surface area contributed by atoms with E-state index in [4.69, 9.17) is 4.74 Å². The summed E-state index contributed by atoms with van der Waals surface area (Å²) in [5.74, 6) is -0.277. The topological polar surface area (TPSA) is 21.3 Å². The Hall–Kier alpha value is -1.94. The van der Waals surface area contributed by atoms with Gasteiger partial charge in [0.15, 0.2) is 0 Å². The predicted octanol–water partition coefficient (Wildman–Crippen LogP) is 3.67. The number of hydrogen-bond acceptors (Lipinski definition) is 2. The smallest absolute Gasteiger partial charge is 0.132 e. The van der Waals surface area contributed by atoms with Gasteiger partial charge in [-0.05, 0) is 36.4 Å². The summed E-state index contributed by atoms with van der Waals surface area (Å²) < 4.78 is 32.8. The Morgan fingerprint density at radius 2 is 1.90 bits per heavy atom. The number of methoxy groups -OCH3 is 1. The fourth-order valence-corrected chi connectivity index (χ4v) is 2.25. The summed E-state index contributed by atoms with van der Waals surface area (Å²) in [7, 11) is 1.49. The normalized spacial score (nSPS) is 12.2. The van der Waals surface area contributed by atoms with Gasteiger partial charge >= 0.3 is 0 Å². The van der Waals surface area contributed by atoms with Crippen LogP contribution in [0.5, 0.6) is 5.75 Å². The third-order valence-corrected chi connectivity index (χ3v) is 3.11. The van der Waals surface area contributed by atoms with Crippen molar-refractivity contribution in [3.63, 3.8) is 0 Å². The minimum Gasteiger partial charge on any atom is -0.496 e. The van der Waals surface area contributed by atoms with Crippen molar-refractivity contribution in [1.82, 2.24) is 5.32 Å². The molecule has 1 unspecified atom stereocenters. The van der Waals surface area contributed by atoms with Gasteiger partial charge in [0.05, 0.1) is 18.7 Å². The van der Waals surface area contributed by atoms with E-state index in [1.54, 1.807) is 24.3 Å². The van der Waals surface area contributed by atoms with Crippen molar-refractivity contribution in [2.45, 2.75) is 13.0 Å². The molecule has 2 rings (SSSR count). The van der Waals surface area contributed by atoms with Gasteiger partial charge in [0, 0.05) is 0 Å². The SMILES string of the molecule is CCNC(c1cccc(F)c1)c1c(F)cccc1OC. The number of benzene rings is 2. The average Bonchev–Trinajstić information content (AvgIpc) is 2.45. The molecule has 0 radical (unpaired) electrons. The van der Waals surface area contributed by atoms with Crippen LogP contribution in [0.25, 0.3) is 0 Å². The van der Waals surface area contributed by atoms with Crippen LogP contribution < -0.4 is 10.1 Å². The van der Waals surface area contributed by atoms with Crippen LogP contribution in [0, 0.1) is 11.6 Å². The van der Waals surface area contributed by atoms with Crippen LogP contribution in [0.15, 0.2) is 42.5 Å². The second-order valence-electron chi connectivity index (χ2n) is 4.40. The summed E-state index contributed by atoms with van der Waals surface area (Å²) >= 11 is 0. The second kappa shape index (κ2) is 6.48. The Kier molecular flexibility index (Phi) is 4.69. The van der Waals surface area contributed by atoms with Crippen LogP contribution in [0.2, 0.25) is 0 Å². The fourth-order valence-electron chi connectivity index (χ4n) is 2.25. The molecule has 0 spiro atoms. The van der Waals surface area contributed by atoms with Crippen LogP contribution >= 0.6 is 0 Å². The standard InChI is InChI=1S/C16H17F2NO/c1-3-19-16(11-6-4-7-12(17)10-11)15-13(18)8-5-9-14(15)20-2/h4-10,16,19H,3H2,1-2H3. The third-order valence-electron chi connectivity index (χ3n) is 3.11. The Morgan fingerprint density at radius 3 is 2.55 bits per heavy atom. The van der Waals surface area contributed by atoms with Crippen LogP contribution in [0.3, 0.4) is 0 Å². The van der Waals surface area contributed by atoms with Gasteiger partial charge in [-0.15, -0.1) is 0 Å². The summed E-state index contributed by atoms with van der Waals surface area (Å²) in [6.45, 7) is 2.54. The minimum absolute atomic E-state index is 0.347. The Labute approximate surface area is 117 Å². The summed E-state index contributed by atoms with van der Waals surface area (Å²) in [6.07, 6.45) is 0. The quantitative estimate of drug-likeness (QED) is 0.900. The molecule has 0 aromatic heterocycles. The number of nitrogens with one attached hydrogen (secondary N) is 1. The van der Waals surface area contributed by atoms with Crippen LogP contribution in [-0.2, 0) is 0 Å². The first kappa shape index (κ1) is 14.5. The zero-order valence-electron chi connectivity index (χ0n) is 11.5. The van der Waals surface area contributed by atoms with E-state index >= 15 is 0 Å². The van der Waals surface area contributed by atoms with Gasteiger partial charge < -0.3 is 10.1 Å². The maximum absolute atomic E-state index is 14.2. The molecule has 0 saturated heterocycles. The van der Waals surface area contributed by atoms with Gasteiger partial charge in [-0.2, -0.15) is 0 Å². The molecule has 0 heterocycles. The molecule has 1 N–H and O–H groups in total. The lowest BCUT2D eigenvalue weighted by molar-refractivity contribution is 0.397. The van der Waals surface area contributed by atoms with Crippen molar-refractivity contribution in [3.8, 4) is 5.75 Å². The molecular formula is C16H17F2NO. The van der Waals surface area contributed by atoms with Crippen molar-refractivity contribution in [2.24, 2.45) is 0 Å².